The summed E-state index contributed by atoms with van der Waals surface area (Å²) in [5.41, 5.74) is 6.40. The zero-order valence-electron chi connectivity index (χ0n) is 16.8. The predicted molar refractivity (Wildman–Crippen MR) is 118 cm³/mol. The Labute approximate surface area is 178 Å². The minimum atomic E-state index is -0.696. The van der Waals surface area contributed by atoms with E-state index in [9.17, 15) is 14.4 Å². The number of nitrogens with zero attached hydrogens (tertiary/aromatic N) is 3. The molecular formula is C22H23ClN4O3. The van der Waals surface area contributed by atoms with Crippen LogP contribution in [0.5, 0.6) is 0 Å². The molecule has 7 nitrogen and oxygen atoms in total. The van der Waals surface area contributed by atoms with Gasteiger partial charge < -0.3 is 5.73 Å². The van der Waals surface area contributed by atoms with Crippen LogP contribution in [-0.4, -0.2) is 33.4 Å². The number of carbonyl (C=O) groups is 1. The topological polar surface area (TPSA) is 90.3 Å². The minimum absolute atomic E-state index is 0.0474. The molecule has 30 heavy (non-hydrogen) atoms. The molecule has 0 fully saturated rings. The average molecular weight is 427 g/mol. The van der Waals surface area contributed by atoms with Crippen molar-refractivity contribution in [3.05, 3.63) is 97.1 Å². The van der Waals surface area contributed by atoms with Gasteiger partial charge in [0, 0.05) is 18.6 Å². The van der Waals surface area contributed by atoms with Gasteiger partial charge >= 0.3 is 5.69 Å². The minimum Gasteiger partial charge on any atom is -0.384 e. The summed E-state index contributed by atoms with van der Waals surface area (Å²) >= 11 is 6.19. The largest absolute Gasteiger partial charge is 0.384 e. The van der Waals surface area contributed by atoms with E-state index in [4.69, 9.17) is 17.3 Å². The van der Waals surface area contributed by atoms with Gasteiger partial charge in [-0.15, -0.1) is 0 Å². The molecule has 1 heterocycles. The molecule has 0 aliphatic heterocycles. The third kappa shape index (κ3) is 4.53. The van der Waals surface area contributed by atoms with E-state index < -0.39 is 17.0 Å². The molecular weight excluding hydrogens is 404 g/mol. The first-order valence-electron chi connectivity index (χ1n) is 9.38. The Balaban J connectivity index is 1.91. The van der Waals surface area contributed by atoms with Gasteiger partial charge in [0.2, 0.25) is 0 Å². The first-order valence-corrected chi connectivity index (χ1v) is 9.75. The van der Waals surface area contributed by atoms with Gasteiger partial charge in [-0.25, -0.2) is 4.79 Å². The van der Waals surface area contributed by atoms with E-state index in [0.29, 0.717) is 11.6 Å². The van der Waals surface area contributed by atoms with Gasteiger partial charge in [0.15, 0.2) is 5.78 Å². The highest BCUT2D eigenvalue weighted by atomic mass is 35.5. The number of hydrogen-bond donors (Lipinski definition) is 1. The van der Waals surface area contributed by atoms with Crippen molar-refractivity contribution in [3.63, 3.8) is 0 Å². The number of carbonyl (C=O) groups excluding carboxylic acids is 1. The Kier molecular flexibility index (Phi) is 6.54. The number of anilines is 1. The highest BCUT2D eigenvalue weighted by Crippen LogP contribution is 2.17. The summed E-state index contributed by atoms with van der Waals surface area (Å²) in [5, 5.41) is 0.601. The fourth-order valence-corrected chi connectivity index (χ4v) is 3.46. The zero-order valence-corrected chi connectivity index (χ0v) is 17.6. The first kappa shape index (κ1) is 21.5. The van der Waals surface area contributed by atoms with Crippen molar-refractivity contribution in [3.8, 4) is 0 Å². The second kappa shape index (κ2) is 9.11. The molecule has 1 aromatic heterocycles. The van der Waals surface area contributed by atoms with E-state index in [1.54, 1.807) is 18.0 Å². The number of halogens is 1. The zero-order chi connectivity index (χ0) is 21.8. The van der Waals surface area contributed by atoms with Gasteiger partial charge in [-0.05, 0) is 24.2 Å². The monoisotopic (exact) mass is 426 g/mol. The van der Waals surface area contributed by atoms with Crippen LogP contribution in [0.25, 0.3) is 0 Å². The standard InChI is InChI=1S/C22H23ClN4O3/c1-25(13-16-10-6-7-11-17(16)23)14-18(28)19-20(24)27(22(30)26(2)21(19)29)12-15-8-4-3-5-9-15/h3-11H,12-14,24H2,1-2H3. The fraction of sp³-hybridized carbons (Fsp3) is 0.227. The number of benzene rings is 2. The van der Waals surface area contributed by atoms with Gasteiger partial charge in [0.25, 0.3) is 5.56 Å². The van der Waals surface area contributed by atoms with Crippen LogP contribution in [-0.2, 0) is 20.1 Å². The molecule has 3 rings (SSSR count). The van der Waals surface area contributed by atoms with Crippen LogP contribution in [0.2, 0.25) is 5.02 Å². The van der Waals surface area contributed by atoms with Crippen molar-refractivity contribution in [1.29, 1.82) is 0 Å². The summed E-state index contributed by atoms with van der Waals surface area (Å²) in [4.78, 5) is 40.0. The van der Waals surface area contributed by atoms with Crippen LogP contribution in [0.15, 0.2) is 64.2 Å². The molecule has 0 saturated heterocycles. The Hall–Kier alpha value is -3.16. The van der Waals surface area contributed by atoms with Crippen molar-refractivity contribution < 1.29 is 4.79 Å². The van der Waals surface area contributed by atoms with Crippen LogP contribution in [0, 0.1) is 0 Å². The van der Waals surface area contributed by atoms with Crippen LogP contribution in [0.3, 0.4) is 0 Å². The Morgan fingerprint density at radius 2 is 1.70 bits per heavy atom. The lowest BCUT2D eigenvalue weighted by atomic mass is 10.1. The molecule has 0 amide bonds. The quantitative estimate of drug-likeness (QED) is 0.584. The van der Waals surface area contributed by atoms with E-state index in [0.717, 1.165) is 15.7 Å². The summed E-state index contributed by atoms with van der Waals surface area (Å²) in [6, 6.07) is 16.6. The number of Topliss-reactive ketones (excluding diaryl/α,β-unsaturated/α-hetero) is 1. The Bertz CT molecular complexity index is 1190. The van der Waals surface area contributed by atoms with Crippen LogP contribution >= 0.6 is 11.6 Å². The maximum Gasteiger partial charge on any atom is 0.332 e. The number of nitrogens with two attached hydrogens (primary N) is 1. The predicted octanol–water partition coefficient (Wildman–Crippen LogP) is 2.15. The van der Waals surface area contributed by atoms with Crippen molar-refractivity contribution in [2.75, 3.05) is 19.3 Å². The summed E-state index contributed by atoms with van der Waals surface area (Å²) in [5.74, 6) is -0.576. The second-order valence-electron chi connectivity index (χ2n) is 7.17. The average Bonchev–Trinajstić information content (AvgIpc) is 2.72. The number of nitrogen functional groups attached to an aromatic ring is 1. The van der Waals surface area contributed by atoms with Gasteiger partial charge in [-0.1, -0.05) is 60.1 Å². The molecule has 3 aromatic rings. The molecule has 2 N–H and O–H groups in total. The molecule has 0 spiro atoms. The molecule has 0 radical (unpaired) electrons. The third-order valence-corrected chi connectivity index (χ3v) is 5.23. The van der Waals surface area contributed by atoms with E-state index >= 15 is 0 Å². The van der Waals surface area contributed by atoms with Crippen LogP contribution in [0.1, 0.15) is 21.5 Å². The first-order chi connectivity index (χ1) is 14.3. The SMILES string of the molecule is CN(CC(=O)c1c(N)n(Cc2ccccc2)c(=O)n(C)c1=O)Cc1ccccc1Cl. The van der Waals surface area contributed by atoms with Gasteiger partial charge in [0.1, 0.15) is 11.4 Å². The highest BCUT2D eigenvalue weighted by molar-refractivity contribution is 6.31. The third-order valence-electron chi connectivity index (χ3n) is 4.86. The Morgan fingerprint density at radius 3 is 2.37 bits per heavy atom. The molecule has 0 aliphatic rings. The molecule has 156 valence electrons. The summed E-state index contributed by atoms with van der Waals surface area (Å²) < 4.78 is 2.17. The maximum atomic E-state index is 13.0. The summed E-state index contributed by atoms with van der Waals surface area (Å²) in [7, 11) is 3.09. The van der Waals surface area contributed by atoms with E-state index in [-0.39, 0.29) is 24.5 Å². The summed E-state index contributed by atoms with van der Waals surface area (Å²) in [6.07, 6.45) is 0. The lowest BCUT2D eigenvalue weighted by Gasteiger charge is -2.19. The lowest BCUT2D eigenvalue weighted by molar-refractivity contribution is 0.0941. The normalized spacial score (nSPS) is 11.1. The highest BCUT2D eigenvalue weighted by Gasteiger charge is 2.22. The Morgan fingerprint density at radius 1 is 1.07 bits per heavy atom. The maximum absolute atomic E-state index is 13.0. The molecule has 8 heteroatoms. The number of rotatable bonds is 7. The summed E-state index contributed by atoms with van der Waals surface area (Å²) in [6.45, 7) is 0.541. The smallest absolute Gasteiger partial charge is 0.332 e. The van der Waals surface area contributed by atoms with Crippen molar-refractivity contribution in [2.24, 2.45) is 7.05 Å². The van der Waals surface area contributed by atoms with Crippen molar-refractivity contribution >= 4 is 23.2 Å². The van der Waals surface area contributed by atoms with Crippen LogP contribution in [0.4, 0.5) is 5.82 Å². The fourth-order valence-electron chi connectivity index (χ4n) is 3.26. The van der Waals surface area contributed by atoms with Crippen LogP contribution < -0.4 is 17.0 Å². The molecule has 0 bridgehead atoms. The lowest BCUT2D eigenvalue weighted by Crippen LogP contribution is -2.44. The van der Waals surface area contributed by atoms with Gasteiger partial charge in [0.05, 0.1) is 13.1 Å². The van der Waals surface area contributed by atoms with Gasteiger partial charge in [-0.2, -0.15) is 0 Å². The van der Waals surface area contributed by atoms with Crippen molar-refractivity contribution in [2.45, 2.75) is 13.1 Å². The molecule has 0 saturated carbocycles. The molecule has 0 aliphatic carbocycles. The molecule has 2 aromatic carbocycles. The number of ketones is 1. The molecule has 0 atom stereocenters. The van der Waals surface area contributed by atoms with E-state index in [1.165, 1.54) is 11.6 Å². The number of likely N-dealkylation sites (N-methyl/N-ethyl adjacent to an activating group) is 1. The van der Waals surface area contributed by atoms with E-state index in [2.05, 4.69) is 0 Å². The number of hydrogen-bond acceptors (Lipinski definition) is 5. The van der Waals surface area contributed by atoms with Gasteiger partial charge in [-0.3, -0.25) is 23.6 Å². The molecule has 0 unspecified atom stereocenters. The van der Waals surface area contributed by atoms with Crippen molar-refractivity contribution in [1.82, 2.24) is 14.0 Å². The van der Waals surface area contributed by atoms with E-state index in [1.807, 2.05) is 48.5 Å². The number of aromatic nitrogens is 2. The second-order valence-corrected chi connectivity index (χ2v) is 7.57.